The first-order valence-electron chi connectivity index (χ1n) is 12.4. The van der Waals surface area contributed by atoms with E-state index in [1.165, 1.54) is 0 Å². The van der Waals surface area contributed by atoms with Crippen molar-refractivity contribution in [2.24, 2.45) is 17.3 Å². The van der Waals surface area contributed by atoms with Gasteiger partial charge in [-0.3, -0.25) is 9.48 Å². The largest absolute Gasteiger partial charge is 0.404 e. The van der Waals surface area contributed by atoms with Gasteiger partial charge in [-0.2, -0.15) is 9.78 Å². The smallest absolute Gasteiger partial charge is 0.358 e. The number of anilines is 1. The molecule has 0 saturated heterocycles. The fraction of sp³-hybridized carbons (Fsp3) is 0.480. The molecule has 4 aliphatic rings. The van der Waals surface area contributed by atoms with Crippen molar-refractivity contribution in [2.45, 2.75) is 57.0 Å². The number of nitro groups is 1. The fourth-order valence-electron chi connectivity index (χ4n) is 7.49. The molecule has 2 aromatic heterocycles. The minimum absolute atomic E-state index is 0.128. The molecule has 4 fully saturated rings. The predicted molar refractivity (Wildman–Crippen MR) is 148 cm³/mol. The highest BCUT2D eigenvalue weighted by Gasteiger charge is 2.60. The lowest BCUT2D eigenvalue weighted by atomic mass is 9.46. The van der Waals surface area contributed by atoms with Gasteiger partial charge in [0.25, 0.3) is 0 Å². The Morgan fingerprint density at radius 1 is 1.11 bits per heavy atom. The van der Waals surface area contributed by atoms with E-state index in [1.807, 2.05) is 6.07 Å². The molecule has 9 nitrogen and oxygen atoms in total. The molecular weight excluding hydrogens is 619 g/mol. The zero-order chi connectivity index (χ0) is 26.8. The van der Waals surface area contributed by atoms with Crippen LogP contribution in [0.15, 0.2) is 35.1 Å². The van der Waals surface area contributed by atoms with Gasteiger partial charge in [-0.15, -0.1) is 0 Å². The molecule has 1 amide bonds. The van der Waals surface area contributed by atoms with Gasteiger partial charge < -0.3 is 15.4 Å². The number of hydrogen-bond donors (Lipinski definition) is 1. The molecule has 1 N–H and O–H groups in total. The van der Waals surface area contributed by atoms with Gasteiger partial charge in [-0.25, -0.2) is 0 Å². The predicted octanol–water partition coefficient (Wildman–Crippen LogP) is 7.08. The van der Waals surface area contributed by atoms with Crippen molar-refractivity contribution < 1.29 is 9.72 Å². The minimum Gasteiger partial charge on any atom is -0.358 e. The van der Waals surface area contributed by atoms with Crippen LogP contribution < -0.4 is 5.32 Å². The molecule has 2 heterocycles. The van der Waals surface area contributed by atoms with Crippen LogP contribution in [0.3, 0.4) is 0 Å². The minimum atomic E-state index is -0.464. The highest BCUT2D eigenvalue weighted by Crippen LogP contribution is 2.65. The molecule has 0 radical (unpaired) electrons. The number of nitrogens with one attached hydrogen (secondary N) is 1. The maximum atomic E-state index is 13.3. The normalized spacial score (nSPS) is 27.6. The third-order valence-electron chi connectivity index (χ3n) is 8.30. The summed E-state index contributed by atoms with van der Waals surface area (Å²) in [7, 11) is 0. The van der Waals surface area contributed by atoms with Gasteiger partial charge in [0.15, 0.2) is 5.82 Å². The second-order valence-electron chi connectivity index (χ2n) is 11.2. The monoisotopic (exact) mass is 640 g/mol. The van der Waals surface area contributed by atoms with Crippen LogP contribution in [0.2, 0.25) is 15.1 Å². The van der Waals surface area contributed by atoms with Gasteiger partial charge in [0, 0.05) is 12.6 Å². The summed E-state index contributed by atoms with van der Waals surface area (Å²) in [6.07, 6.45) is 9.48. The molecular formula is C25H24BrCl3N6O3. The fourth-order valence-corrected chi connectivity index (χ4v) is 8.43. The van der Waals surface area contributed by atoms with Crippen molar-refractivity contribution in [1.82, 2.24) is 19.6 Å². The Kier molecular flexibility index (Phi) is 6.53. The van der Waals surface area contributed by atoms with Gasteiger partial charge in [0.2, 0.25) is 5.91 Å². The van der Waals surface area contributed by atoms with Crippen LogP contribution in [0.4, 0.5) is 11.6 Å². The van der Waals surface area contributed by atoms with Crippen LogP contribution in [0.25, 0.3) is 0 Å². The molecule has 2 atom stereocenters. The molecule has 1 aromatic carbocycles. The molecule has 4 aliphatic carbocycles. The Balaban J connectivity index is 1.18. The second-order valence-corrected chi connectivity index (χ2v) is 13.3. The van der Waals surface area contributed by atoms with E-state index in [1.54, 1.807) is 33.9 Å². The summed E-state index contributed by atoms with van der Waals surface area (Å²) in [6.45, 7) is 0.424. The van der Waals surface area contributed by atoms with Gasteiger partial charge in [-0.1, -0.05) is 40.9 Å². The Morgan fingerprint density at radius 3 is 2.50 bits per heavy atom. The quantitative estimate of drug-likeness (QED) is 0.219. The summed E-state index contributed by atoms with van der Waals surface area (Å²) in [4.78, 5) is 24.3. The molecule has 4 bridgehead atoms. The van der Waals surface area contributed by atoms with E-state index in [4.69, 9.17) is 34.8 Å². The number of carbonyl (C=O) groups excluding carboxylic acids is 1. The topological polar surface area (TPSA) is 108 Å². The summed E-state index contributed by atoms with van der Waals surface area (Å²) in [5, 5.41) is 24.5. The van der Waals surface area contributed by atoms with Crippen molar-refractivity contribution in [3.8, 4) is 0 Å². The Hall–Kier alpha value is -2.14. The summed E-state index contributed by atoms with van der Waals surface area (Å²) in [5.74, 6) is 0.970. The van der Waals surface area contributed by atoms with Crippen molar-refractivity contribution in [1.29, 1.82) is 0 Å². The van der Waals surface area contributed by atoms with Crippen LogP contribution in [0, 0.1) is 27.4 Å². The lowest BCUT2D eigenvalue weighted by Crippen LogP contribution is -2.57. The number of halogens is 4. The van der Waals surface area contributed by atoms with E-state index in [2.05, 4.69) is 31.4 Å². The van der Waals surface area contributed by atoms with Crippen molar-refractivity contribution >= 4 is 68.3 Å². The second kappa shape index (κ2) is 9.50. The maximum Gasteiger partial charge on any atom is 0.404 e. The van der Waals surface area contributed by atoms with Crippen LogP contribution in [0.5, 0.6) is 0 Å². The van der Waals surface area contributed by atoms with Crippen molar-refractivity contribution in [3.05, 3.63) is 65.8 Å². The maximum absolute atomic E-state index is 13.3. The first kappa shape index (κ1) is 26.1. The average molecular weight is 643 g/mol. The summed E-state index contributed by atoms with van der Waals surface area (Å²) < 4.78 is 3.84. The van der Waals surface area contributed by atoms with E-state index in [-0.39, 0.29) is 22.7 Å². The SMILES string of the molecule is O=C(CC12CC3CC(C1)CC(n1cc(Br)c([N+](=O)[O-])n1)(C3)C2)Nc1nn(Cc2ccc(Cl)c(Cl)c2)cc1Cl. The van der Waals surface area contributed by atoms with Crippen LogP contribution in [-0.2, 0) is 16.9 Å². The van der Waals surface area contributed by atoms with E-state index in [0.717, 1.165) is 44.1 Å². The lowest BCUT2D eigenvalue weighted by molar-refractivity contribution is -0.390. The number of aromatic nitrogens is 4. The third kappa shape index (κ3) is 4.74. The number of hydrogen-bond acceptors (Lipinski definition) is 5. The van der Waals surface area contributed by atoms with E-state index in [9.17, 15) is 14.9 Å². The van der Waals surface area contributed by atoms with Crippen LogP contribution in [0.1, 0.15) is 50.5 Å². The third-order valence-corrected chi connectivity index (χ3v) is 9.88. The highest BCUT2D eigenvalue weighted by atomic mass is 79.9. The Morgan fingerprint density at radius 2 is 1.84 bits per heavy atom. The number of carbonyl (C=O) groups is 1. The molecule has 38 heavy (non-hydrogen) atoms. The van der Waals surface area contributed by atoms with Crippen LogP contribution in [-0.4, -0.2) is 30.4 Å². The van der Waals surface area contributed by atoms with Gasteiger partial charge >= 0.3 is 5.82 Å². The zero-order valence-electron chi connectivity index (χ0n) is 20.2. The number of benzene rings is 1. The zero-order valence-corrected chi connectivity index (χ0v) is 24.0. The molecule has 4 saturated carbocycles. The standard InChI is InChI=1S/C25H24BrCl3N6O3/c26-17-11-34(32-23(17)35(37)38)25-7-15-3-16(8-25)6-24(5-15,13-25)9-21(36)30-22-20(29)12-33(31-22)10-14-1-2-18(27)19(28)4-14/h1-2,4,11-12,15-16H,3,5-10,13H2,(H,30,31,36). The number of amides is 1. The number of nitrogens with zero attached hydrogens (tertiary/aromatic N) is 5. The molecule has 2 unspecified atom stereocenters. The van der Waals surface area contributed by atoms with Crippen LogP contribution >= 0.6 is 50.7 Å². The molecule has 0 aliphatic heterocycles. The highest BCUT2D eigenvalue weighted by molar-refractivity contribution is 9.10. The molecule has 3 aromatic rings. The molecule has 7 rings (SSSR count). The summed E-state index contributed by atoms with van der Waals surface area (Å²) >= 11 is 21.8. The van der Waals surface area contributed by atoms with Gasteiger partial charge in [0.1, 0.15) is 9.50 Å². The van der Waals surface area contributed by atoms with E-state index < -0.39 is 4.92 Å². The first-order chi connectivity index (χ1) is 18.0. The summed E-state index contributed by atoms with van der Waals surface area (Å²) in [5.41, 5.74) is 0.414. The van der Waals surface area contributed by atoms with E-state index in [0.29, 0.717) is 50.2 Å². The van der Waals surface area contributed by atoms with Crippen molar-refractivity contribution in [2.75, 3.05) is 5.32 Å². The average Bonchev–Trinajstić information content (AvgIpc) is 3.37. The van der Waals surface area contributed by atoms with Gasteiger partial charge in [-0.05, 0) is 94.3 Å². The lowest BCUT2D eigenvalue weighted by Gasteiger charge is -2.61. The van der Waals surface area contributed by atoms with Crippen molar-refractivity contribution in [3.63, 3.8) is 0 Å². The molecule has 200 valence electrons. The van der Waals surface area contributed by atoms with Gasteiger partial charge in [0.05, 0.1) is 33.4 Å². The van der Waals surface area contributed by atoms with E-state index >= 15 is 0 Å². The Bertz CT molecular complexity index is 1440. The first-order valence-corrected chi connectivity index (χ1v) is 14.3. The molecule has 0 spiro atoms. The number of rotatable bonds is 7. The summed E-state index contributed by atoms with van der Waals surface area (Å²) in [6, 6.07) is 5.36. The Labute approximate surface area is 242 Å². The molecule has 13 heteroatoms.